The number of benzene rings is 7. The number of rotatable bonds is 3. The number of fused-ring (bicyclic) bond motifs is 10. The summed E-state index contributed by atoms with van der Waals surface area (Å²) >= 11 is 0. The first-order chi connectivity index (χ1) is 21.8. The normalized spacial score (nSPS) is 16.2. The van der Waals surface area contributed by atoms with E-state index in [2.05, 4.69) is 139 Å². The highest BCUT2D eigenvalue weighted by Gasteiger charge is 2.36. The van der Waals surface area contributed by atoms with Gasteiger partial charge in [-0.05, 0) is 61.0 Å². The van der Waals surface area contributed by atoms with Crippen molar-refractivity contribution in [1.82, 2.24) is 5.32 Å². The van der Waals surface area contributed by atoms with Crippen LogP contribution in [0.4, 0.5) is 0 Å². The summed E-state index contributed by atoms with van der Waals surface area (Å²) in [6, 6.07) is 52.1. The second-order valence-corrected chi connectivity index (χ2v) is 11.7. The molecule has 1 N–H and O–H groups in total. The van der Waals surface area contributed by atoms with E-state index in [-0.39, 0.29) is 12.1 Å². The highest BCUT2D eigenvalue weighted by atomic mass is 15.2. The van der Waals surface area contributed by atoms with Crippen LogP contribution in [0.25, 0.3) is 43.4 Å². The van der Waals surface area contributed by atoms with Crippen molar-refractivity contribution >= 4 is 44.0 Å². The van der Waals surface area contributed by atoms with Crippen molar-refractivity contribution in [2.24, 2.45) is 9.98 Å². The summed E-state index contributed by atoms with van der Waals surface area (Å²) in [7, 11) is 0. The Morgan fingerprint density at radius 1 is 0.455 bits per heavy atom. The van der Waals surface area contributed by atoms with Gasteiger partial charge >= 0.3 is 0 Å². The lowest BCUT2D eigenvalue weighted by Crippen LogP contribution is -2.39. The minimum absolute atomic E-state index is 0.0488. The van der Waals surface area contributed by atoms with E-state index >= 15 is 0 Å². The molecule has 3 nitrogen and oxygen atoms in total. The van der Waals surface area contributed by atoms with Crippen molar-refractivity contribution in [3.8, 4) is 11.1 Å². The minimum Gasteiger partial charge on any atom is -0.324 e. The van der Waals surface area contributed by atoms with Crippen molar-refractivity contribution in [1.29, 1.82) is 0 Å². The van der Waals surface area contributed by atoms with Crippen LogP contribution >= 0.6 is 0 Å². The van der Waals surface area contributed by atoms with Gasteiger partial charge in [-0.3, -0.25) is 0 Å². The average Bonchev–Trinajstić information content (AvgIpc) is 3.11. The fourth-order valence-electron chi connectivity index (χ4n) is 7.33. The van der Waals surface area contributed by atoms with E-state index in [9.17, 15) is 0 Å². The zero-order valence-corrected chi connectivity index (χ0v) is 24.1. The minimum atomic E-state index is -0.301. The molecule has 0 aromatic heterocycles. The van der Waals surface area contributed by atoms with Gasteiger partial charge in [-0.25, -0.2) is 9.98 Å². The van der Waals surface area contributed by atoms with Gasteiger partial charge in [0, 0.05) is 17.0 Å². The first kappa shape index (κ1) is 25.0. The Morgan fingerprint density at radius 2 is 0.977 bits per heavy atom. The van der Waals surface area contributed by atoms with Crippen LogP contribution in [0.15, 0.2) is 156 Å². The molecule has 0 amide bonds. The van der Waals surface area contributed by atoms with Gasteiger partial charge in [0.25, 0.3) is 0 Å². The standard InChI is InChI=1S/C41H29N3/c1-3-14-27(15-4-1)39-42-40(28-16-5-2-6-17-28)44-41(43-39)35-25-29-24-23-26-13-7-8-18-30(26)36(29)38-34-22-12-10-20-32(34)31-19-9-11-21-33(31)37(35)38/h1-24,35,41H,25H2,(H,42,43,44). The molecule has 1 unspecified atom stereocenters. The number of nitrogens with one attached hydrogen (secondary N) is 1. The van der Waals surface area contributed by atoms with E-state index in [0.29, 0.717) is 0 Å². The van der Waals surface area contributed by atoms with Crippen LogP contribution in [-0.2, 0) is 6.42 Å². The Bertz CT molecular complexity index is 2230. The number of hydrogen-bond donors (Lipinski definition) is 1. The summed E-state index contributed by atoms with van der Waals surface area (Å²) in [6.45, 7) is 0. The Morgan fingerprint density at radius 3 is 1.64 bits per heavy atom. The molecule has 0 spiro atoms. The van der Waals surface area contributed by atoms with E-state index in [4.69, 9.17) is 9.98 Å². The molecule has 1 aliphatic carbocycles. The van der Waals surface area contributed by atoms with Crippen molar-refractivity contribution in [3.63, 3.8) is 0 Å². The first-order valence-electron chi connectivity index (χ1n) is 15.3. The summed E-state index contributed by atoms with van der Waals surface area (Å²) in [5.41, 5.74) is 7.51. The smallest absolute Gasteiger partial charge is 0.151 e. The lowest BCUT2D eigenvalue weighted by Gasteiger charge is -2.35. The predicted molar refractivity (Wildman–Crippen MR) is 184 cm³/mol. The molecular weight excluding hydrogens is 534 g/mol. The second kappa shape index (κ2) is 10.0. The van der Waals surface area contributed by atoms with E-state index in [0.717, 1.165) is 29.2 Å². The topological polar surface area (TPSA) is 36.8 Å². The molecule has 0 fully saturated rings. The monoisotopic (exact) mass is 563 g/mol. The SMILES string of the molecule is c1ccc(C2=NC(C3Cc4ccc5ccccc5c4-c4c3c3ccccc3c3ccccc43)N=C(c3ccccc3)N2)cc1. The molecule has 44 heavy (non-hydrogen) atoms. The number of amidine groups is 2. The Labute approximate surface area is 256 Å². The number of nitrogens with zero attached hydrogens (tertiary/aromatic N) is 2. The van der Waals surface area contributed by atoms with Gasteiger partial charge in [0.1, 0.15) is 11.7 Å². The van der Waals surface area contributed by atoms with Gasteiger partial charge in [0.15, 0.2) is 6.17 Å². The fourth-order valence-corrected chi connectivity index (χ4v) is 7.33. The molecule has 1 atom stereocenters. The van der Waals surface area contributed by atoms with Crippen molar-refractivity contribution in [2.75, 3.05) is 0 Å². The van der Waals surface area contributed by atoms with Gasteiger partial charge in [-0.15, -0.1) is 0 Å². The maximum Gasteiger partial charge on any atom is 0.151 e. The van der Waals surface area contributed by atoms with E-state index < -0.39 is 0 Å². The summed E-state index contributed by atoms with van der Waals surface area (Å²) in [6.07, 6.45) is 0.557. The Kier molecular flexibility index (Phi) is 5.70. The highest BCUT2D eigenvalue weighted by Crippen LogP contribution is 2.51. The number of hydrogen-bond acceptors (Lipinski definition) is 3. The van der Waals surface area contributed by atoms with Crippen LogP contribution < -0.4 is 5.32 Å². The maximum absolute atomic E-state index is 5.39. The van der Waals surface area contributed by atoms with Crippen LogP contribution in [0.5, 0.6) is 0 Å². The lowest BCUT2D eigenvalue weighted by molar-refractivity contribution is 0.543. The van der Waals surface area contributed by atoms with E-state index in [1.54, 1.807) is 0 Å². The molecule has 0 bridgehead atoms. The zero-order valence-electron chi connectivity index (χ0n) is 24.1. The molecule has 3 heteroatoms. The third kappa shape index (κ3) is 3.90. The van der Waals surface area contributed by atoms with E-state index in [1.165, 1.54) is 54.6 Å². The summed E-state index contributed by atoms with van der Waals surface area (Å²) < 4.78 is 0. The molecular formula is C41H29N3. The third-order valence-corrected chi connectivity index (χ3v) is 9.26. The quantitative estimate of drug-likeness (QED) is 0.214. The molecule has 0 radical (unpaired) electrons. The van der Waals surface area contributed by atoms with Crippen molar-refractivity contribution < 1.29 is 0 Å². The number of aliphatic imine (C=N–C) groups is 2. The van der Waals surface area contributed by atoms with Gasteiger partial charge in [-0.1, -0.05) is 146 Å². The average molecular weight is 564 g/mol. The molecule has 1 aliphatic heterocycles. The molecule has 9 rings (SSSR count). The molecule has 7 aromatic rings. The first-order valence-corrected chi connectivity index (χ1v) is 15.3. The molecule has 208 valence electrons. The summed E-state index contributed by atoms with van der Waals surface area (Å²) in [5.74, 6) is 1.77. The van der Waals surface area contributed by atoms with Crippen LogP contribution in [0.2, 0.25) is 0 Å². The lowest BCUT2D eigenvalue weighted by atomic mass is 9.72. The largest absolute Gasteiger partial charge is 0.324 e. The molecule has 0 saturated heterocycles. The molecule has 7 aromatic carbocycles. The van der Waals surface area contributed by atoms with E-state index in [1.807, 2.05) is 12.1 Å². The van der Waals surface area contributed by atoms with Crippen molar-refractivity contribution in [3.05, 3.63) is 168 Å². The summed E-state index contributed by atoms with van der Waals surface area (Å²) in [5, 5.41) is 11.3. The molecule has 2 aliphatic rings. The maximum atomic E-state index is 5.39. The van der Waals surface area contributed by atoms with Gasteiger partial charge < -0.3 is 5.32 Å². The molecule has 0 saturated carbocycles. The molecule has 1 heterocycles. The van der Waals surface area contributed by atoms with Crippen LogP contribution in [0, 0.1) is 0 Å². The second-order valence-electron chi connectivity index (χ2n) is 11.7. The van der Waals surface area contributed by atoms with Crippen LogP contribution in [0.3, 0.4) is 0 Å². The zero-order chi connectivity index (χ0) is 29.0. The van der Waals surface area contributed by atoms with Crippen molar-refractivity contribution in [2.45, 2.75) is 18.5 Å². The Hall–Kier alpha value is -5.54. The predicted octanol–water partition coefficient (Wildman–Crippen LogP) is 9.28. The van der Waals surface area contributed by atoms with Gasteiger partial charge in [0.05, 0.1) is 0 Å². The van der Waals surface area contributed by atoms with Crippen LogP contribution in [-0.4, -0.2) is 17.8 Å². The van der Waals surface area contributed by atoms with Crippen LogP contribution in [0.1, 0.15) is 28.2 Å². The third-order valence-electron chi connectivity index (χ3n) is 9.26. The highest BCUT2D eigenvalue weighted by molar-refractivity contribution is 6.20. The van der Waals surface area contributed by atoms with Gasteiger partial charge in [-0.2, -0.15) is 0 Å². The fraction of sp³-hybridized carbons (Fsp3) is 0.0732. The Balaban J connectivity index is 1.36. The summed E-state index contributed by atoms with van der Waals surface area (Å²) in [4.78, 5) is 10.8. The van der Waals surface area contributed by atoms with Gasteiger partial charge in [0.2, 0.25) is 0 Å².